The minimum absolute atomic E-state index is 0.00818. The zero-order valence-electron chi connectivity index (χ0n) is 26.9. The van der Waals surface area contributed by atoms with Gasteiger partial charge in [-0.05, 0) is 62.6 Å². The molecule has 0 aromatic heterocycles. The van der Waals surface area contributed by atoms with Crippen LogP contribution in [0.15, 0.2) is 18.2 Å². The van der Waals surface area contributed by atoms with Gasteiger partial charge in [0.05, 0.1) is 13.2 Å². The average Bonchev–Trinajstić information content (AvgIpc) is 2.95. The van der Waals surface area contributed by atoms with Crippen LogP contribution in [0, 0.1) is 17.8 Å². The Hall–Kier alpha value is -3.54. The summed E-state index contributed by atoms with van der Waals surface area (Å²) in [7, 11) is 0. The summed E-state index contributed by atoms with van der Waals surface area (Å²) in [5.74, 6) is -0.552. The molecule has 0 aliphatic heterocycles. The lowest BCUT2D eigenvalue weighted by Gasteiger charge is -2.23. The van der Waals surface area contributed by atoms with Crippen molar-refractivity contribution in [3.05, 3.63) is 23.8 Å². The van der Waals surface area contributed by atoms with Gasteiger partial charge in [-0.1, -0.05) is 60.5 Å². The second-order valence-electron chi connectivity index (χ2n) is 11.2. The third-order valence-electron chi connectivity index (χ3n) is 6.98. The van der Waals surface area contributed by atoms with E-state index in [1.807, 2.05) is 41.5 Å². The first kappa shape index (κ1) is 37.5. The second-order valence-corrected chi connectivity index (χ2v) is 11.2. The Morgan fingerprint density at radius 2 is 1.16 bits per heavy atom. The smallest absolute Gasteiger partial charge is 0.458 e. The summed E-state index contributed by atoms with van der Waals surface area (Å²) < 4.78 is 36.7. The Labute approximate surface area is 254 Å². The molecule has 0 spiro atoms. The van der Waals surface area contributed by atoms with Crippen LogP contribution in [0.1, 0.15) is 80.7 Å². The van der Waals surface area contributed by atoms with Gasteiger partial charge in [0.2, 0.25) is 0 Å². The minimum atomic E-state index is -1.11. The molecule has 1 aromatic rings. The number of carbonyl (C=O) groups excluding carboxylic acids is 4. The van der Waals surface area contributed by atoms with E-state index in [-0.39, 0.29) is 55.0 Å². The number of hydrogen-bond donors (Lipinski definition) is 1. The van der Waals surface area contributed by atoms with Crippen LogP contribution in [-0.2, 0) is 34.9 Å². The molecule has 1 aromatic carbocycles. The summed E-state index contributed by atoms with van der Waals surface area (Å²) >= 11 is 0. The molecule has 0 heterocycles. The van der Waals surface area contributed by atoms with E-state index in [1.165, 1.54) is 12.1 Å². The molecule has 0 fully saturated rings. The highest BCUT2D eigenvalue weighted by molar-refractivity contribution is 5.76. The van der Waals surface area contributed by atoms with Crippen LogP contribution < -0.4 is 15.2 Å². The average molecular weight is 612 g/mol. The lowest BCUT2D eigenvalue weighted by atomic mass is 10.1. The molecule has 2 N–H and O–H groups in total. The van der Waals surface area contributed by atoms with Gasteiger partial charge < -0.3 is 38.9 Å². The molecule has 0 saturated carbocycles. The van der Waals surface area contributed by atoms with E-state index in [0.29, 0.717) is 5.56 Å². The Morgan fingerprint density at radius 1 is 0.674 bits per heavy atom. The highest BCUT2D eigenvalue weighted by atomic mass is 16.8. The number of esters is 1. The predicted octanol–water partition coefficient (Wildman–Crippen LogP) is 6.20. The van der Waals surface area contributed by atoms with Crippen LogP contribution in [0.2, 0.25) is 0 Å². The zero-order valence-corrected chi connectivity index (χ0v) is 26.9. The summed E-state index contributed by atoms with van der Waals surface area (Å²) in [5, 5.41) is 0. The second kappa shape index (κ2) is 18.9. The number of ether oxygens (including phenoxy) is 7. The van der Waals surface area contributed by atoms with Gasteiger partial charge in [0.25, 0.3) is 0 Å². The standard InChI is InChI=1S/C31H49NO11/c1-10-19(5)16-37-29(34)42-26-13-12-24(15-27(26)43-30(35)38-17-20(6)11-2)14-25(32)28(33)39-22(8)23(9)41-31(36)40-21(7)18(3)4/h12-13,15,18-23,25H,10-11,14,16-17,32H2,1-9H3/t19?,20?,21?,22-,23-,25-/m0/s1. The quantitative estimate of drug-likeness (QED) is 0.128. The van der Waals surface area contributed by atoms with Crippen molar-refractivity contribution in [1.82, 2.24) is 0 Å². The number of rotatable bonds is 16. The van der Waals surface area contributed by atoms with Gasteiger partial charge in [-0.2, -0.15) is 0 Å². The van der Waals surface area contributed by atoms with Crippen molar-refractivity contribution >= 4 is 24.4 Å². The Morgan fingerprint density at radius 3 is 1.67 bits per heavy atom. The van der Waals surface area contributed by atoms with Gasteiger partial charge in [0, 0.05) is 0 Å². The molecule has 0 amide bonds. The van der Waals surface area contributed by atoms with Crippen LogP contribution in [0.5, 0.6) is 11.5 Å². The highest BCUT2D eigenvalue weighted by Crippen LogP contribution is 2.30. The lowest BCUT2D eigenvalue weighted by Crippen LogP contribution is -2.39. The first-order valence-corrected chi connectivity index (χ1v) is 14.8. The van der Waals surface area contributed by atoms with Crippen molar-refractivity contribution in [2.24, 2.45) is 23.5 Å². The molecule has 6 atom stereocenters. The topological polar surface area (TPSA) is 159 Å². The Bertz CT molecular complexity index is 1040. The molecule has 0 bridgehead atoms. The molecule has 0 radical (unpaired) electrons. The SMILES string of the molecule is CCC(C)COC(=O)Oc1ccc(C[C@H](N)C(=O)O[C@@H](C)[C@H](C)OC(=O)OC(C)C(C)C)cc1OC(=O)OCC(C)CC. The maximum atomic E-state index is 12.7. The van der Waals surface area contributed by atoms with E-state index < -0.39 is 42.7 Å². The maximum Gasteiger partial charge on any atom is 0.513 e. The molecule has 0 aliphatic carbocycles. The normalized spacial score (nSPS) is 15.2. The summed E-state index contributed by atoms with van der Waals surface area (Å²) in [6.07, 6.45) is -3.13. The van der Waals surface area contributed by atoms with E-state index in [1.54, 1.807) is 26.8 Å². The fraction of sp³-hybridized carbons (Fsp3) is 0.677. The molecule has 12 heteroatoms. The zero-order chi connectivity index (χ0) is 32.7. The monoisotopic (exact) mass is 611 g/mol. The third kappa shape index (κ3) is 14.5. The number of benzene rings is 1. The van der Waals surface area contributed by atoms with Crippen LogP contribution in [0.4, 0.5) is 14.4 Å². The van der Waals surface area contributed by atoms with Crippen LogP contribution in [0.25, 0.3) is 0 Å². The molecule has 0 saturated heterocycles. The summed E-state index contributed by atoms with van der Waals surface area (Å²) in [6, 6.07) is 3.26. The largest absolute Gasteiger partial charge is 0.513 e. The van der Waals surface area contributed by atoms with Crippen LogP contribution in [0.3, 0.4) is 0 Å². The van der Waals surface area contributed by atoms with Gasteiger partial charge in [0.15, 0.2) is 11.5 Å². The van der Waals surface area contributed by atoms with Gasteiger partial charge in [0.1, 0.15) is 24.4 Å². The molecular formula is C31H49NO11. The van der Waals surface area contributed by atoms with Crippen molar-refractivity contribution in [3.63, 3.8) is 0 Å². The van der Waals surface area contributed by atoms with E-state index in [2.05, 4.69) is 0 Å². The fourth-order valence-electron chi connectivity index (χ4n) is 3.01. The molecule has 1 rings (SSSR count). The lowest BCUT2D eigenvalue weighted by molar-refractivity contribution is -0.155. The number of nitrogens with two attached hydrogens (primary N) is 1. The molecular weight excluding hydrogens is 562 g/mol. The van der Waals surface area contributed by atoms with Gasteiger partial charge in [-0.3, -0.25) is 4.79 Å². The van der Waals surface area contributed by atoms with Crippen LogP contribution in [-0.4, -0.2) is 62.0 Å². The molecule has 43 heavy (non-hydrogen) atoms. The maximum absolute atomic E-state index is 12.7. The van der Waals surface area contributed by atoms with E-state index in [0.717, 1.165) is 12.8 Å². The Kier molecular flexibility index (Phi) is 16.5. The van der Waals surface area contributed by atoms with Crippen LogP contribution >= 0.6 is 0 Å². The highest BCUT2D eigenvalue weighted by Gasteiger charge is 2.26. The molecule has 244 valence electrons. The van der Waals surface area contributed by atoms with Crippen molar-refractivity contribution < 1.29 is 52.3 Å². The van der Waals surface area contributed by atoms with E-state index in [4.69, 9.17) is 38.9 Å². The van der Waals surface area contributed by atoms with E-state index in [9.17, 15) is 19.2 Å². The van der Waals surface area contributed by atoms with Crippen molar-refractivity contribution in [3.8, 4) is 11.5 Å². The van der Waals surface area contributed by atoms with Crippen molar-refractivity contribution in [1.29, 1.82) is 0 Å². The van der Waals surface area contributed by atoms with Gasteiger partial charge in [-0.15, -0.1) is 0 Å². The third-order valence-corrected chi connectivity index (χ3v) is 6.98. The minimum Gasteiger partial charge on any atom is -0.458 e. The first-order chi connectivity index (χ1) is 20.2. The van der Waals surface area contributed by atoms with Crippen molar-refractivity contribution in [2.45, 2.75) is 106 Å². The van der Waals surface area contributed by atoms with Gasteiger partial charge >= 0.3 is 24.4 Å². The summed E-state index contributed by atoms with van der Waals surface area (Å²) in [5.41, 5.74) is 6.58. The van der Waals surface area contributed by atoms with E-state index >= 15 is 0 Å². The molecule has 0 aliphatic rings. The molecule has 3 unspecified atom stereocenters. The predicted molar refractivity (Wildman–Crippen MR) is 158 cm³/mol. The summed E-state index contributed by atoms with van der Waals surface area (Å²) in [6.45, 7) is 16.8. The fourth-order valence-corrected chi connectivity index (χ4v) is 3.01. The first-order valence-electron chi connectivity index (χ1n) is 14.8. The van der Waals surface area contributed by atoms with Crippen molar-refractivity contribution in [2.75, 3.05) is 13.2 Å². The number of carbonyl (C=O) groups is 4. The summed E-state index contributed by atoms with van der Waals surface area (Å²) in [4.78, 5) is 49.3. The number of hydrogen-bond acceptors (Lipinski definition) is 12. The molecule has 12 nitrogen and oxygen atoms in total. The van der Waals surface area contributed by atoms with Gasteiger partial charge in [-0.25, -0.2) is 14.4 Å². The Balaban J connectivity index is 2.92.